The number of thiophene rings is 1. The van der Waals surface area contributed by atoms with Crippen molar-refractivity contribution in [3.63, 3.8) is 0 Å². The Hall–Kier alpha value is -1.93. The van der Waals surface area contributed by atoms with Gasteiger partial charge in [-0.2, -0.15) is 0 Å². The van der Waals surface area contributed by atoms with E-state index in [0.29, 0.717) is 31.7 Å². The van der Waals surface area contributed by atoms with E-state index in [0.717, 1.165) is 21.2 Å². The van der Waals surface area contributed by atoms with Crippen LogP contribution in [0.3, 0.4) is 0 Å². The van der Waals surface area contributed by atoms with Crippen LogP contribution in [0, 0.1) is 0 Å². The predicted octanol–water partition coefficient (Wildman–Crippen LogP) is 3.98. The molecule has 0 aliphatic carbocycles. The van der Waals surface area contributed by atoms with Gasteiger partial charge in [0.05, 0.1) is 25.2 Å². The molecule has 0 radical (unpaired) electrons. The molecular weight excluding hydrogens is 402 g/mol. The lowest BCUT2D eigenvalue weighted by Gasteiger charge is -2.22. The molecule has 0 fully saturated rings. The number of nitrogens with zero attached hydrogens (tertiary/aromatic N) is 2. The number of para-hydroxylation sites is 1. The summed E-state index contributed by atoms with van der Waals surface area (Å²) in [5.41, 5.74) is 7.04. The SMILES string of the molecule is COc1ccccc1CN(Cc1cccs1)C(=O)c1csc(CCN)n1.Cl. The topological polar surface area (TPSA) is 68.5 Å². The van der Waals surface area contributed by atoms with Gasteiger partial charge in [0, 0.05) is 22.2 Å². The number of hydrogen-bond donors (Lipinski definition) is 1. The van der Waals surface area contributed by atoms with Gasteiger partial charge in [0.15, 0.2) is 0 Å². The molecule has 0 unspecified atom stereocenters. The number of amides is 1. The number of benzene rings is 1. The highest BCUT2D eigenvalue weighted by Gasteiger charge is 2.21. The zero-order valence-electron chi connectivity index (χ0n) is 15.0. The lowest BCUT2D eigenvalue weighted by Crippen LogP contribution is -2.30. The molecule has 3 rings (SSSR count). The van der Waals surface area contributed by atoms with Crippen LogP contribution in [-0.2, 0) is 19.5 Å². The summed E-state index contributed by atoms with van der Waals surface area (Å²) in [6, 6.07) is 11.8. The smallest absolute Gasteiger partial charge is 0.273 e. The molecule has 1 amide bonds. The fourth-order valence-electron chi connectivity index (χ4n) is 2.64. The molecular formula is C19H22ClN3O2S2. The van der Waals surface area contributed by atoms with Crippen molar-refractivity contribution in [3.05, 3.63) is 68.3 Å². The normalized spacial score (nSPS) is 10.3. The molecule has 2 aromatic heterocycles. The van der Waals surface area contributed by atoms with E-state index in [4.69, 9.17) is 10.5 Å². The molecule has 0 aliphatic rings. The highest BCUT2D eigenvalue weighted by Crippen LogP contribution is 2.23. The van der Waals surface area contributed by atoms with Gasteiger partial charge in [-0.1, -0.05) is 24.3 Å². The minimum Gasteiger partial charge on any atom is -0.496 e. The molecule has 3 aromatic rings. The maximum Gasteiger partial charge on any atom is 0.273 e. The minimum absolute atomic E-state index is 0. The van der Waals surface area contributed by atoms with E-state index < -0.39 is 0 Å². The summed E-state index contributed by atoms with van der Waals surface area (Å²) >= 11 is 3.12. The van der Waals surface area contributed by atoms with Crippen LogP contribution in [-0.4, -0.2) is 29.4 Å². The number of aromatic nitrogens is 1. The molecule has 2 N–H and O–H groups in total. The monoisotopic (exact) mass is 423 g/mol. The Kier molecular flexibility index (Phi) is 8.24. The Balaban J connectivity index is 0.00000261. The Morgan fingerprint density at radius 2 is 2.00 bits per heavy atom. The number of carbonyl (C=O) groups is 1. The van der Waals surface area contributed by atoms with Crippen molar-refractivity contribution in [3.8, 4) is 5.75 Å². The van der Waals surface area contributed by atoms with Crippen LogP contribution in [0.15, 0.2) is 47.2 Å². The van der Waals surface area contributed by atoms with Gasteiger partial charge in [0.1, 0.15) is 11.4 Å². The van der Waals surface area contributed by atoms with E-state index in [1.807, 2.05) is 52.1 Å². The molecule has 144 valence electrons. The number of hydrogen-bond acceptors (Lipinski definition) is 6. The molecule has 0 spiro atoms. The Morgan fingerprint density at radius 3 is 2.70 bits per heavy atom. The molecule has 5 nitrogen and oxygen atoms in total. The fourth-order valence-corrected chi connectivity index (χ4v) is 4.15. The molecule has 0 saturated carbocycles. The van der Waals surface area contributed by atoms with Crippen LogP contribution in [0.1, 0.15) is 25.9 Å². The van der Waals surface area contributed by atoms with E-state index in [2.05, 4.69) is 4.98 Å². The highest BCUT2D eigenvalue weighted by atomic mass is 35.5. The lowest BCUT2D eigenvalue weighted by molar-refractivity contribution is 0.0725. The predicted molar refractivity (Wildman–Crippen MR) is 113 cm³/mol. The van der Waals surface area contributed by atoms with E-state index in [1.165, 1.54) is 11.3 Å². The van der Waals surface area contributed by atoms with Gasteiger partial charge in [0.2, 0.25) is 0 Å². The first-order valence-electron chi connectivity index (χ1n) is 8.29. The number of methoxy groups -OCH3 is 1. The van der Waals surface area contributed by atoms with Crippen LogP contribution in [0.25, 0.3) is 0 Å². The molecule has 0 saturated heterocycles. The molecule has 0 atom stereocenters. The summed E-state index contributed by atoms with van der Waals surface area (Å²) in [7, 11) is 1.64. The van der Waals surface area contributed by atoms with Gasteiger partial charge in [0.25, 0.3) is 5.91 Å². The summed E-state index contributed by atoms with van der Waals surface area (Å²) in [5, 5.41) is 4.73. The zero-order chi connectivity index (χ0) is 18.4. The second-order valence-corrected chi connectivity index (χ2v) is 7.69. The summed E-state index contributed by atoms with van der Waals surface area (Å²) in [6.45, 7) is 1.53. The van der Waals surface area contributed by atoms with Crippen molar-refractivity contribution in [1.82, 2.24) is 9.88 Å². The summed E-state index contributed by atoms with van der Waals surface area (Å²) in [4.78, 5) is 20.5. The summed E-state index contributed by atoms with van der Waals surface area (Å²) < 4.78 is 5.44. The van der Waals surface area contributed by atoms with Crippen LogP contribution >= 0.6 is 35.1 Å². The molecule has 8 heteroatoms. The highest BCUT2D eigenvalue weighted by molar-refractivity contribution is 7.10. The van der Waals surface area contributed by atoms with Gasteiger partial charge < -0.3 is 15.4 Å². The number of ether oxygens (including phenoxy) is 1. The van der Waals surface area contributed by atoms with E-state index in [1.54, 1.807) is 18.4 Å². The first kappa shape index (κ1) is 21.4. The van der Waals surface area contributed by atoms with Crippen molar-refractivity contribution >= 4 is 41.0 Å². The van der Waals surface area contributed by atoms with Crippen molar-refractivity contribution in [2.24, 2.45) is 5.73 Å². The lowest BCUT2D eigenvalue weighted by atomic mass is 10.1. The van der Waals surface area contributed by atoms with Gasteiger partial charge in [-0.25, -0.2) is 4.98 Å². The Morgan fingerprint density at radius 1 is 1.19 bits per heavy atom. The average molecular weight is 424 g/mol. The summed E-state index contributed by atoms with van der Waals surface area (Å²) in [6.07, 6.45) is 0.690. The number of rotatable bonds is 8. The first-order valence-corrected chi connectivity index (χ1v) is 10.0. The number of thiazole rings is 1. The summed E-state index contributed by atoms with van der Waals surface area (Å²) in [5.74, 6) is 0.697. The van der Waals surface area contributed by atoms with Crippen LogP contribution in [0.4, 0.5) is 0 Å². The van der Waals surface area contributed by atoms with Crippen LogP contribution in [0.2, 0.25) is 0 Å². The molecule has 2 heterocycles. The quantitative estimate of drug-likeness (QED) is 0.595. The van der Waals surface area contributed by atoms with Crippen LogP contribution in [0.5, 0.6) is 5.75 Å². The van der Waals surface area contributed by atoms with Gasteiger partial charge in [-0.15, -0.1) is 35.1 Å². The average Bonchev–Trinajstić information content (AvgIpc) is 3.33. The van der Waals surface area contributed by atoms with E-state index >= 15 is 0 Å². The molecule has 0 aliphatic heterocycles. The van der Waals surface area contributed by atoms with Gasteiger partial charge in [-0.05, 0) is 24.1 Å². The zero-order valence-corrected chi connectivity index (χ0v) is 17.4. The third kappa shape index (κ3) is 5.52. The van der Waals surface area contributed by atoms with Crippen LogP contribution < -0.4 is 10.5 Å². The number of nitrogens with two attached hydrogens (primary N) is 1. The van der Waals surface area contributed by atoms with E-state index in [9.17, 15) is 4.79 Å². The minimum atomic E-state index is -0.0798. The number of carbonyl (C=O) groups excluding carboxylic acids is 1. The second kappa shape index (κ2) is 10.4. The Labute approximate surface area is 173 Å². The van der Waals surface area contributed by atoms with Gasteiger partial charge >= 0.3 is 0 Å². The van der Waals surface area contributed by atoms with Crippen molar-refractivity contribution in [2.75, 3.05) is 13.7 Å². The third-order valence-corrected chi connectivity index (χ3v) is 5.67. The van der Waals surface area contributed by atoms with E-state index in [-0.39, 0.29) is 18.3 Å². The Bertz CT molecular complexity index is 852. The van der Waals surface area contributed by atoms with Crippen molar-refractivity contribution < 1.29 is 9.53 Å². The van der Waals surface area contributed by atoms with Crippen molar-refractivity contribution in [1.29, 1.82) is 0 Å². The third-order valence-electron chi connectivity index (χ3n) is 3.90. The van der Waals surface area contributed by atoms with Crippen molar-refractivity contribution in [2.45, 2.75) is 19.5 Å². The largest absolute Gasteiger partial charge is 0.496 e. The first-order chi connectivity index (χ1) is 12.7. The molecule has 27 heavy (non-hydrogen) atoms. The fraction of sp³-hybridized carbons (Fsp3) is 0.263. The standard InChI is InChI=1S/C19H21N3O2S2.ClH/c1-24-17-7-3-2-5-14(17)11-22(12-15-6-4-10-25-15)19(23)16-13-26-18(21-16)8-9-20;/h2-7,10,13H,8-9,11-12,20H2,1H3;1H. The maximum atomic E-state index is 13.1. The second-order valence-electron chi connectivity index (χ2n) is 5.72. The van der Waals surface area contributed by atoms with Gasteiger partial charge in [-0.3, -0.25) is 4.79 Å². The molecule has 1 aromatic carbocycles. The molecule has 0 bridgehead atoms. The maximum absolute atomic E-state index is 13.1. The number of halogens is 1.